The van der Waals surface area contributed by atoms with Crippen LogP contribution in [0.5, 0.6) is 5.75 Å². The number of carbonyl (C=O) groups is 1. The van der Waals surface area contributed by atoms with Gasteiger partial charge in [-0.2, -0.15) is 0 Å². The molecular weight excluding hydrogens is 252 g/mol. The Kier molecular flexibility index (Phi) is 4.74. The summed E-state index contributed by atoms with van der Waals surface area (Å²) in [5, 5.41) is 12.5. The smallest absolute Gasteiger partial charge is 0.229 e. The lowest BCUT2D eigenvalue weighted by Gasteiger charge is -2.15. The van der Waals surface area contributed by atoms with Crippen molar-refractivity contribution in [3.05, 3.63) is 65.7 Å². The third-order valence-corrected chi connectivity index (χ3v) is 3.20. The Morgan fingerprint density at radius 1 is 1.10 bits per heavy atom. The van der Waals surface area contributed by atoms with Gasteiger partial charge in [-0.05, 0) is 11.6 Å². The van der Waals surface area contributed by atoms with Crippen molar-refractivity contribution in [2.75, 3.05) is 6.54 Å². The number of hydrogen-bond donors (Lipinski definition) is 3. The molecule has 0 heterocycles. The maximum atomic E-state index is 12.2. The Balaban J connectivity index is 2.02. The molecule has 0 radical (unpaired) electrons. The van der Waals surface area contributed by atoms with Crippen molar-refractivity contribution in [3.8, 4) is 5.75 Å². The van der Waals surface area contributed by atoms with Crippen LogP contribution in [0.25, 0.3) is 0 Å². The van der Waals surface area contributed by atoms with Crippen LogP contribution in [-0.2, 0) is 11.3 Å². The predicted molar refractivity (Wildman–Crippen MR) is 78.2 cm³/mol. The highest BCUT2D eigenvalue weighted by molar-refractivity contribution is 5.83. The minimum atomic E-state index is -0.373. The minimum absolute atomic E-state index is 0.137. The highest BCUT2D eigenvalue weighted by Crippen LogP contribution is 2.17. The molecule has 0 spiro atoms. The Morgan fingerprint density at radius 3 is 2.40 bits per heavy atom. The van der Waals surface area contributed by atoms with Crippen LogP contribution in [0.3, 0.4) is 0 Å². The average Bonchev–Trinajstić information content (AvgIpc) is 2.48. The first kappa shape index (κ1) is 14.1. The van der Waals surface area contributed by atoms with Crippen molar-refractivity contribution in [1.82, 2.24) is 5.32 Å². The summed E-state index contributed by atoms with van der Waals surface area (Å²) in [6.07, 6.45) is 0. The largest absolute Gasteiger partial charge is 0.508 e. The van der Waals surface area contributed by atoms with E-state index < -0.39 is 0 Å². The number of phenolic OH excluding ortho intramolecular Hbond substituents is 1. The Hall–Kier alpha value is -2.33. The topological polar surface area (TPSA) is 75.4 Å². The number of rotatable bonds is 5. The van der Waals surface area contributed by atoms with Crippen LogP contribution in [0.2, 0.25) is 0 Å². The van der Waals surface area contributed by atoms with Gasteiger partial charge < -0.3 is 16.2 Å². The van der Waals surface area contributed by atoms with Crippen LogP contribution in [0.4, 0.5) is 0 Å². The van der Waals surface area contributed by atoms with E-state index in [9.17, 15) is 9.90 Å². The summed E-state index contributed by atoms with van der Waals surface area (Å²) in [7, 11) is 0. The van der Waals surface area contributed by atoms with E-state index in [-0.39, 0.29) is 30.7 Å². The van der Waals surface area contributed by atoms with Gasteiger partial charge in [0.25, 0.3) is 0 Å². The second kappa shape index (κ2) is 6.73. The number of phenols is 1. The monoisotopic (exact) mass is 270 g/mol. The predicted octanol–water partition coefficient (Wildman–Crippen LogP) is 1.75. The van der Waals surface area contributed by atoms with E-state index in [2.05, 4.69) is 5.32 Å². The number of para-hydroxylation sites is 1. The Bertz CT molecular complexity index is 570. The van der Waals surface area contributed by atoms with Crippen LogP contribution in [0.15, 0.2) is 54.6 Å². The summed E-state index contributed by atoms with van der Waals surface area (Å²) in [6.45, 7) is 0.533. The summed E-state index contributed by atoms with van der Waals surface area (Å²) in [6, 6.07) is 16.4. The maximum absolute atomic E-state index is 12.2. The van der Waals surface area contributed by atoms with Gasteiger partial charge in [-0.3, -0.25) is 4.79 Å². The minimum Gasteiger partial charge on any atom is -0.508 e. The molecule has 0 saturated carbocycles. The highest BCUT2D eigenvalue weighted by Gasteiger charge is 2.18. The van der Waals surface area contributed by atoms with Crippen LogP contribution in [-0.4, -0.2) is 17.6 Å². The van der Waals surface area contributed by atoms with Crippen molar-refractivity contribution >= 4 is 5.91 Å². The molecule has 4 N–H and O–H groups in total. The fourth-order valence-corrected chi connectivity index (χ4v) is 2.05. The molecule has 1 unspecified atom stereocenters. The molecule has 0 bridgehead atoms. The van der Waals surface area contributed by atoms with Gasteiger partial charge in [0.1, 0.15) is 5.75 Å². The first-order valence-electron chi connectivity index (χ1n) is 6.52. The van der Waals surface area contributed by atoms with Crippen molar-refractivity contribution in [2.45, 2.75) is 12.5 Å². The number of carbonyl (C=O) groups excluding carboxylic acids is 1. The van der Waals surface area contributed by atoms with Crippen LogP contribution in [0.1, 0.15) is 17.0 Å². The zero-order valence-electron chi connectivity index (χ0n) is 11.1. The molecule has 4 heteroatoms. The summed E-state index contributed by atoms with van der Waals surface area (Å²) in [4.78, 5) is 12.2. The van der Waals surface area contributed by atoms with Gasteiger partial charge in [0.05, 0.1) is 5.92 Å². The van der Waals surface area contributed by atoms with Gasteiger partial charge in [0.2, 0.25) is 5.91 Å². The lowest BCUT2D eigenvalue weighted by molar-refractivity contribution is -0.122. The van der Waals surface area contributed by atoms with E-state index in [1.807, 2.05) is 36.4 Å². The third kappa shape index (κ3) is 3.36. The zero-order valence-corrected chi connectivity index (χ0v) is 11.1. The molecule has 0 saturated heterocycles. The van der Waals surface area contributed by atoms with Crippen LogP contribution < -0.4 is 11.1 Å². The van der Waals surface area contributed by atoms with Gasteiger partial charge in [0, 0.05) is 18.7 Å². The number of nitrogens with one attached hydrogen (secondary N) is 1. The normalized spacial score (nSPS) is 11.8. The number of nitrogens with two attached hydrogens (primary N) is 1. The highest BCUT2D eigenvalue weighted by atomic mass is 16.3. The second-order valence-corrected chi connectivity index (χ2v) is 4.55. The fourth-order valence-electron chi connectivity index (χ4n) is 2.05. The second-order valence-electron chi connectivity index (χ2n) is 4.55. The SMILES string of the molecule is NCC(C(=O)NCc1ccccc1O)c1ccccc1. The molecule has 20 heavy (non-hydrogen) atoms. The molecule has 2 rings (SSSR count). The third-order valence-electron chi connectivity index (χ3n) is 3.20. The van der Waals surface area contributed by atoms with E-state index in [0.29, 0.717) is 5.56 Å². The average molecular weight is 270 g/mol. The van der Waals surface area contributed by atoms with Gasteiger partial charge in [-0.1, -0.05) is 48.5 Å². The number of benzene rings is 2. The molecule has 0 aliphatic heterocycles. The molecule has 104 valence electrons. The number of hydrogen-bond acceptors (Lipinski definition) is 3. The molecule has 2 aromatic rings. The first-order valence-corrected chi connectivity index (χ1v) is 6.52. The molecule has 0 fully saturated rings. The summed E-state index contributed by atoms with van der Waals surface area (Å²) < 4.78 is 0. The van der Waals surface area contributed by atoms with E-state index in [1.165, 1.54) is 0 Å². The molecule has 4 nitrogen and oxygen atoms in total. The summed E-state index contributed by atoms with van der Waals surface area (Å²) in [5.41, 5.74) is 7.27. The Morgan fingerprint density at radius 2 is 1.75 bits per heavy atom. The van der Waals surface area contributed by atoms with Crippen molar-refractivity contribution in [2.24, 2.45) is 5.73 Å². The molecule has 0 aromatic heterocycles. The standard InChI is InChI=1S/C16H18N2O2/c17-10-14(12-6-2-1-3-7-12)16(20)18-11-13-8-4-5-9-15(13)19/h1-9,14,19H,10-11,17H2,(H,18,20). The summed E-state index contributed by atoms with van der Waals surface area (Å²) in [5.74, 6) is -0.333. The molecule has 1 amide bonds. The zero-order chi connectivity index (χ0) is 14.4. The van der Waals surface area contributed by atoms with Crippen LogP contribution in [0, 0.1) is 0 Å². The Labute approximate surface area is 118 Å². The van der Waals surface area contributed by atoms with Crippen molar-refractivity contribution in [1.29, 1.82) is 0 Å². The molecule has 0 aliphatic carbocycles. The quantitative estimate of drug-likeness (QED) is 0.774. The van der Waals surface area contributed by atoms with Gasteiger partial charge in [-0.25, -0.2) is 0 Å². The number of amides is 1. The number of aromatic hydroxyl groups is 1. The van der Waals surface area contributed by atoms with Gasteiger partial charge >= 0.3 is 0 Å². The van der Waals surface area contributed by atoms with Crippen molar-refractivity contribution < 1.29 is 9.90 Å². The molecule has 1 atom stereocenters. The van der Waals surface area contributed by atoms with Crippen LogP contribution >= 0.6 is 0 Å². The van der Waals surface area contributed by atoms with E-state index >= 15 is 0 Å². The van der Waals surface area contributed by atoms with E-state index in [1.54, 1.807) is 18.2 Å². The summed E-state index contributed by atoms with van der Waals surface area (Å²) >= 11 is 0. The van der Waals surface area contributed by atoms with E-state index in [4.69, 9.17) is 5.73 Å². The van der Waals surface area contributed by atoms with Gasteiger partial charge in [0.15, 0.2) is 0 Å². The van der Waals surface area contributed by atoms with Gasteiger partial charge in [-0.15, -0.1) is 0 Å². The lowest BCUT2D eigenvalue weighted by Crippen LogP contribution is -2.33. The first-order chi connectivity index (χ1) is 9.72. The molecule has 2 aromatic carbocycles. The fraction of sp³-hybridized carbons (Fsp3) is 0.188. The molecule has 0 aliphatic rings. The van der Waals surface area contributed by atoms with Crippen molar-refractivity contribution in [3.63, 3.8) is 0 Å². The lowest BCUT2D eigenvalue weighted by atomic mass is 9.98. The molecular formula is C16H18N2O2. The van der Waals surface area contributed by atoms with E-state index in [0.717, 1.165) is 5.56 Å². The maximum Gasteiger partial charge on any atom is 0.229 e.